The van der Waals surface area contributed by atoms with E-state index in [1.165, 1.54) is 29.2 Å². The molecule has 0 spiro atoms. The van der Waals surface area contributed by atoms with Crippen molar-refractivity contribution in [2.45, 2.75) is 38.7 Å². The summed E-state index contributed by atoms with van der Waals surface area (Å²) in [5.74, 6) is -2.64. The minimum atomic E-state index is -5.03. The van der Waals surface area contributed by atoms with Gasteiger partial charge in [-0.25, -0.2) is 13.8 Å². The van der Waals surface area contributed by atoms with Gasteiger partial charge in [-0.05, 0) is 20.3 Å². The number of halogens is 5. The number of fused-ring (bicyclic) bond motifs is 2. The van der Waals surface area contributed by atoms with Gasteiger partial charge in [-0.2, -0.15) is 18.3 Å². The van der Waals surface area contributed by atoms with E-state index in [0.29, 0.717) is 0 Å². The summed E-state index contributed by atoms with van der Waals surface area (Å²) in [6.45, 7) is 3.34. The molecular weight excluding hydrogens is 461 g/mol. The van der Waals surface area contributed by atoms with Crippen molar-refractivity contribution >= 4 is 34.0 Å². The Morgan fingerprint density at radius 3 is 2.65 bits per heavy atom. The van der Waals surface area contributed by atoms with E-state index in [9.17, 15) is 22.4 Å². The quantitative estimate of drug-likeness (QED) is 0.365. The van der Waals surface area contributed by atoms with Crippen molar-refractivity contribution in [2.24, 2.45) is 5.92 Å². The molecule has 0 saturated heterocycles. The van der Waals surface area contributed by atoms with Crippen LogP contribution in [0.5, 0.6) is 0 Å². The van der Waals surface area contributed by atoms with E-state index < -0.39 is 41.1 Å². The minimum Gasteiger partial charge on any atom is -0.379 e. The number of alkyl halides is 4. The Morgan fingerprint density at radius 2 is 2.00 bits per heavy atom. The van der Waals surface area contributed by atoms with Gasteiger partial charge in [-0.3, -0.25) is 14.9 Å². The zero-order chi connectivity index (χ0) is 24.4. The molecule has 1 aromatic carbocycles. The van der Waals surface area contributed by atoms with Gasteiger partial charge in [0.2, 0.25) is 5.91 Å². The minimum absolute atomic E-state index is 0.0279. The lowest BCUT2D eigenvalue weighted by Crippen LogP contribution is -2.17. The topological polar surface area (TPSA) is 100 Å². The fourth-order valence-corrected chi connectivity index (χ4v) is 3.84. The Kier molecular flexibility index (Phi) is 4.95. The van der Waals surface area contributed by atoms with Crippen molar-refractivity contribution in [1.29, 1.82) is 0 Å². The molecule has 178 valence electrons. The third kappa shape index (κ3) is 3.70. The third-order valence-electron chi connectivity index (χ3n) is 5.46. The van der Waals surface area contributed by atoms with Gasteiger partial charge in [0.1, 0.15) is 11.7 Å². The molecule has 0 unspecified atom stereocenters. The highest BCUT2D eigenvalue weighted by molar-refractivity contribution is 6.02. The van der Waals surface area contributed by atoms with Crippen LogP contribution in [0.25, 0.3) is 27.8 Å². The molecule has 2 atom stereocenters. The first-order valence-electron chi connectivity index (χ1n) is 10.4. The first kappa shape index (κ1) is 22.0. The molecule has 13 heteroatoms. The average Bonchev–Trinajstić information content (AvgIpc) is 3.12. The van der Waals surface area contributed by atoms with E-state index in [1.807, 2.05) is 0 Å². The van der Waals surface area contributed by atoms with Crippen molar-refractivity contribution in [2.75, 3.05) is 10.6 Å². The van der Waals surface area contributed by atoms with Crippen LogP contribution in [0.2, 0.25) is 0 Å². The number of benzene rings is 1. The molecule has 1 amide bonds. The number of nitrogens with zero attached hydrogens (tertiary/aromatic N) is 4. The largest absolute Gasteiger partial charge is 0.419 e. The van der Waals surface area contributed by atoms with Crippen molar-refractivity contribution in [3.05, 3.63) is 36.2 Å². The van der Waals surface area contributed by atoms with E-state index in [2.05, 4.69) is 30.8 Å². The molecule has 0 radical (unpaired) electrons. The van der Waals surface area contributed by atoms with E-state index >= 15 is 4.39 Å². The van der Waals surface area contributed by atoms with E-state index in [4.69, 9.17) is 0 Å². The molecular formula is C21H18F5N7O. The molecule has 1 fully saturated rings. The molecule has 3 heterocycles. The molecule has 1 saturated carbocycles. The summed E-state index contributed by atoms with van der Waals surface area (Å²) >= 11 is 0. The Balaban J connectivity index is 1.65. The predicted molar refractivity (Wildman–Crippen MR) is 113 cm³/mol. The first-order chi connectivity index (χ1) is 16.0. The molecule has 1 aliphatic carbocycles. The van der Waals surface area contributed by atoms with Crippen LogP contribution in [0.3, 0.4) is 0 Å². The monoisotopic (exact) mass is 479 g/mol. The fraction of sp³-hybridized carbons (Fsp3) is 0.333. The molecule has 1 aliphatic rings. The second-order valence-electron chi connectivity index (χ2n) is 8.41. The van der Waals surface area contributed by atoms with Gasteiger partial charge < -0.3 is 15.0 Å². The van der Waals surface area contributed by atoms with E-state index in [1.54, 1.807) is 13.8 Å². The maximum absolute atomic E-state index is 15.3. The van der Waals surface area contributed by atoms with Crippen molar-refractivity contribution < 1.29 is 26.7 Å². The van der Waals surface area contributed by atoms with Crippen molar-refractivity contribution in [1.82, 2.24) is 24.6 Å². The number of aromatic amines is 1. The van der Waals surface area contributed by atoms with Gasteiger partial charge in [-0.15, -0.1) is 0 Å². The zero-order valence-electron chi connectivity index (χ0n) is 17.8. The number of carbonyl (C=O) groups excluding carboxylic acids is 1. The SMILES string of the molecule is CC(C)Nc1c(F)c(C(F)(F)F)c(-c2cn3cc(NC(=O)[C@@H]4C[C@@H]4F)nc3cn2)c2cn[nH]c12. The Labute approximate surface area is 188 Å². The van der Waals surface area contributed by atoms with E-state index in [-0.39, 0.29) is 46.2 Å². The van der Waals surface area contributed by atoms with Gasteiger partial charge in [0.05, 0.1) is 41.4 Å². The van der Waals surface area contributed by atoms with Crippen LogP contribution in [0.1, 0.15) is 25.8 Å². The molecule has 5 rings (SSSR count). The lowest BCUT2D eigenvalue weighted by molar-refractivity contribution is -0.139. The number of imidazole rings is 1. The van der Waals surface area contributed by atoms with Gasteiger partial charge in [0.25, 0.3) is 0 Å². The highest BCUT2D eigenvalue weighted by Gasteiger charge is 2.44. The number of anilines is 2. The maximum Gasteiger partial charge on any atom is 0.419 e. The Hall–Kier alpha value is -3.77. The van der Waals surface area contributed by atoms with Gasteiger partial charge in [0, 0.05) is 23.2 Å². The van der Waals surface area contributed by atoms with Crippen LogP contribution in [-0.4, -0.2) is 42.7 Å². The highest BCUT2D eigenvalue weighted by atomic mass is 19.4. The lowest BCUT2D eigenvalue weighted by atomic mass is 9.97. The molecule has 4 aromatic rings. The molecule has 34 heavy (non-hydrogen) atoms. The number of nitrogens with one attached hydrogen (secondary N) is 3. The van der Waals surface area contributed by atoms with Crippen LogP contribution in [0, 0.1) is 11.7 Å². The molecule has 0 bridgehead atoms. The Morgan fingerprint density at radius 1 is 1.26 bits per heavy atom. The standard InChI is InChI=1S/C21H18F5N7O/c1-8(2)29-19-17(23)16(21(24,25)26)15(10-4-28-32-18(10)19)12-6-33-7-13(30-14(33)5-27-12)31-20(34)9-3-11(9)22/h4-9,11,29H,3H2,1-2H3,(H,28,32)(H,31,34)/t9-,11+/m1/s1. The van der Waals surface area contributed by atoms with Gasteiger partial charge in [-0.1, -0.05) is 0 Å². The summed E-state index contributed by atoms with van der Waals surface area (Å²) in [7, 11) is 0. The molecule has 3 N–H and O–H groups in total. The van der Waals surface area contributed by atoms with Crippen LogP contribution >= 0.6 is 0 Å². The summed E-state index contributed by atoms with van der Waals surface area (Å²) in [4.78, 5) is 20.2. The average molecular weight is 479 g/mol. The van der Waals surface area contributed by atoms with Gasteiger partial charge >= 0.3 is 6.18 Å². The third-order valence-corrected chi connectivity index (χ3v) is 5.46. The summed E-state index contributed by atoms with van der Waals surface area (Å²) in [6, 6.07) is -0.342. The number of carbonyl (C=O) groups is 1. The van der Waals surface area contributed by atoms with E-state index in [0.717, 1.165) is 0 Å². The van der Waals surface area contributed by atoms with Crippen molar-refractivity contribution in [3.63, 3.8) is 0 Å². The lowest BCUT2D eigenvalue weighted by Gasteiger charge is -2.20. The first-order valence-corrected chi connectivity index (χ1v) is 10.4. The smallest absolute Gasteiger partial charge is 0.379 e. The maximum atomic E-state index is 15.3. The summed E-state index contributed by atoms with van der Waals surface area (Å²) < 4.78 is 72.1. The summed E-state index contributed by atoms with van der Waals surface area (Å²) in [5.41, 5.74) is -2.18. The Bertz CT molecular complexity index is 1420. The summed E-state index contributed by atoms with van der Waals surface area (Å²) in [6.07, 6.45) is -1.09. The number of rotatable bonds is 5. The van der Waals surface area contributed by atoms with Crippen LogP contribution in [0.15, 0.2) is 24.8 Å². The van der Waals surface area contributed by atoms with Crippen LogP contribution < -0.4 is 10.6 Å². The normalized spacial score (nSPS) is 18.1. The predicted octanol–water partition coefficient (Wildman–Crippen LogP) is 4.55. The zero-order valence-corrected chi connectivity index (χ0v) is 17.8. The van der Waals surface area contributed by atoms with Crippen molar-refractivity contribution in [3.8, 4) is 11.3 Å². The molecule has 0 aliphatic heterocycles. The van der Waals surface area contributed by atoms with Crippen LogP contribution in [0.4, 0.5) is 33.5 Å². The number of amides is 1. The molecule has 8 nitrogen and oxygen atoms in total. The van der Waals surface area contributed by atoms with Gasteiger partial charge in [0.15, 0.2) is 17.3 Å². The second-order valence-corrected chi connectivity index (χ2v) is 8.41. The van der Waals surface area contributed by atoms with Crippen LogP contribution in [-0.2, 0) is 11.0 Å². The number of H-pyrrole nitrogens is 1. The number of aromatic nitrogens is 5. The number of hydrogen-bond donors (Lipinski definition) is 3. The highest BCUT2D eigenvalue weighted by Crippen LogP contribution is 2.45. The fourth-order valence-electron chi connectivity index (χ4n) is 3.84. The molecule has 3 aromatic heterocycles. The summed E-state index contributed by atoms with van der Waals surface area (Å²) in [5, 5.41) is 11.6. The number of hydrogen-bond acceptors (Lipinski definition) is 5. The second kappa shape index (κ2) is 7.64.